The van der Waals surface area contributed by atoms with Crippen molar-refractivity contribution in [2.75, 3.05) is 23.7 Å². The third kappa shape index (κ3) is 5.70. The Morgan fingerprint density at radius 3 is 2.21 bits per heavy atom. The zero-order valence-electron chi connectivity index (χ0n) is 17.4. The van der Waals surface area contributed by atoms with Crippen LogP contribution in [0.1, 0.15) is 39.8 Å². The predicted octanol–water partition coefficient (Wildman–Crippen LogP) is 5.83. The lowest BCUT2D eigenvalue weighted by molar-refractivity contribution is -0.137. The summed E-state index contributed by atoms with van der Waals surface area (Å²) in [5.41, 5.74) is 0.608. The van der Waals surface area contributed by atoms with Crippen molar-refractivity contribution in [1.29, 1.82) is 0 Å². The maximum absolute atomic E-state index is 12.7. The zero-order valence-corrected chi connectivity index (χ0v) is 18.2. The molecule has 0 saturated carbocycles. The number of carbonyl (C=O) groups is 2. The van der Waals surface area contributed by atoms with Gasteiger partial charge in [0, 0.05) is 35.8 Å². The quantitative estimate of drug-likeness (QED) is 0.500. The molecule has 2 aromatic carbocycles. The second kappa shape index (κ2) is 9.62. The van der Waals surface area contributed by atoms with Crippen molar-refractivity contribution in [2.45, 2.75) is 24.9 Å². The van der Waals surface area contributed by atoms with E-state index in [1.54, 1.807) is 22.4 Å². The molecule has 0 radical (unpaired) electrons. The summed E-state index contributed by atoms with van der Waals surface area (Å²) in [7, 11) is 0. The molecule has 0 aliphatic carbocycles. The summed E-state index contributed by atoms with van der Waals surface area (Å²) in [6.45, 7) is 0.977. The van der Waals surface area contributed by atoms with Gasteiger partial charge in [-0.1, -0.05) is 18.2 Å². The zero-order chi connectivity index (χ0) is 23.4. The Bertz CT molecular complexity index is 1110. The highest BCUT2D eigenvalue weighted by molar-refractivity contribution is 7.10. The lowest BCUT2D eigenvalue weighted by atomic mass is 9.98. The summed E-state index contributed by atoms with van der Waals surface area (Å²) in [5.74, 6) is -0.125. The summed E-state index contributed by atoms with van der Waals surface area (Å²) < 4.78 is 38.0. The van der Waals surface area contributed by atoms with Crippen molar-refractivity contribution in [3.05, 3.63) is 76.2 Å². The molecule has 2 heterocycles. The first-order valence-electron chi connectivity index (χ1n) is 10.3. The highest BCUT2D eigenvalue weighted by atomic mass is 32.1. The van der Waals surface area contributed by atoms with Crippen LogP contribution in [-0.4, -0.2) is 34.9 Å². The molecule has 1 saturated heterocycles. The summed E-state index contributed by atoms with van der Waals surface area (Å²) >= 11 is 1.43. The fraction of sp³-hybridized carbons (Fsp3) is 0.261. The number of anilines is 2. The molecule has 0 bridgehead atoms. The van der Waals surface area contributed by atoms with Gasteiger partial charge in [-0.05, 0) is 49.2 Å². The van der Waals surface area contributed by atoms with E-state index in [0.717, 1.165) is 17.1 Å². The second-order valence-electron chi connectivity index (χ2n) is 7.66. The number of piperidine rings is 1. The minimum absolute atomic E-state index is 0.142. The van der Waals surface area contributed by atoms with Crippen LogP contribution >= 0.6 is 11.3 Å². The number of nitrogens with one attached hydrogen (secondary N) is 2. The van der Waals surface area contributed by atoms with Crippen LogP contribution in [0.4, 0.5) is 29.3 Å². The van der Waals surface area contributed by atoms with Gasteiger partial charge in [0.15, 0.2) is 0 Å². The predicted molar refractivity (Wildman–Crippen MR) is 121 cm³/mol. The number of aromatic nitrogens is 1. The molecule has 172 valence electrons. The Balaban J connectivity index is 1.29. The number of hydrogen-bond acceptors (Lipinski definition) is 4. The standard InChI is InChI=1S/C23H21F3N4O2S/c24-23(25,26)16-6-8-18(9-7-16)28-22(32)30-12-10-15(11-13-30)21-29-19(14-33-21)20(31)27-17-4-2-1-3-5-17/h1-9,14-15H,10-13H2,(H,27,31)(H,28,32). The smallest absolute Gasteiger partial charge is 0.324 e. The van der Waals surface area contributed by atoms with Gasteiger partial charge in [-0.3, -0.25) is 4.79 Å². The van der Waals surface area contributed by atoms with E-state index in [2.05, 4.69) is 15.6 Å². The van der Waals surface area contributed by atoms with E-state index in [1.807, 2.05) is 18.2 Å². The Labute approximate surface area is 192 Å². The maximum Gasteiger partial charge on any atom is 0.416 e. The van der Waals surface area contributed by atoms with E-state index in [4.69, 9.17) is 0 Å². The van der Waals surface area contributed by atoms with Gasteiger partial charge in [-0.25, -0.2) is 9.78 Å². The van der Waals surface area contributed by atoms with Crippen LogP contribution in [0.5, 0.6) is 0 Å². The van der Waals surface area contributed by atoms with Gasteiger partial charge in [0.05, 0.1) is 10.6 Å². The molecular formula is C23H21F3N4O2S. The first-order valence-corrected chi connectivity index (χ1v) is 11.2. The molecule has 3 amide bonds. The van der Waals surface area contributed by atoms with Gasteiger partial charge in [0.1, 0.15) is 5.69 Å². The van der Waals surface area contributed by atoms with Crippen LogP contribution in [-0.2, 0) is 6.18 Å². The molecule has 1 aliphatic rings. The average molecular weight is 475 g/mol. The van der Waals surface area contributed by atoms with E-state index < -0.39 is 11.7 Å². The average Bonchev–Trinajstić information content (AvgIpc) is 3.30. The van der Waals surface area contributed by atoms with Gasteiger partial charge in [0.2, 0.25) is 0 Å². The van der Waals surface area contributed by atoms with Crippen molar-refractivity contribution in [2.24, 2.45) is 0 Å². The monoisotopic (exact) mass is 474 g/mol. The molecule has 0 spiro atoms. The normalized spacial score (nSPS) is 14.7. The first kappa shape index (κ1) is 22.8. The summed E-state index contributed by atoms with van der Waals surface area (Å²) in [4.78, 5) is 31.0. The number of thiazole rings is 1. The van der Waals surface area contributed by atoms with Crippen molar-refractivity contribution >= 4 is 34.6 Å². The van der Waals surface area contributed by atoms with Gasteiger partial charge in [0.25, 0.3) is 5.91 Å². The Kier molecular flexibility index (Phi) is 6.64. The molecule has 3 aromatic rings. The second-order valence-corrected chi connectivity index (χ2v) is 8.55. The molecule has 1 aromatic heterocycles. The number of likely N-dealkylation sites (tertiary alicyclic amines) is 1. The van der Waals surface area contributed by atoms with E-state index in [1.165, 1.54) is 23.5 Å². The summed E-state index contributed by atoms with van der Waals surface area (Å²) in [6, 6.07) is 13.2. The first-order chi connectivity index (χ1) is 15.8. The number of nitrogens with zero attached hydrogens (tertiary/aromatic N) is 2. The lowest BCUT2D eigenvalue weighted by Crippen LogP contribution is -2.40. The number of halogens is 3. The minimum atomic E-state index is -4.41. The number of rotatable bonds is 4. The number of benzene rings is 2. The van der Waals surface area contributed by atoms with Gasteiger partial charge >= 0.3 is 12.2 Å². The number of hydrogen-bond donors (Lipinski definition) is 2. The molecule has 0 unspecified atom stereocenters. The Morgan fingerprint density at radius 1 is 0.939 bits per heavy atom. The molecule has 33 heavy (non-hydrogen) atoms. The maximum atomic E-state index is 12.7. The van der Waals surface area contributed by atoms with Crippen molar-refractivity contribution in [1.82, 2.24) is 9.88 Å². The number of para-hydroxylation sites is 1. The van der Waals surface area contributed by atoms with Crippen LogP contribution < -0.4 is 10.6 Å². The molecule has 1 aliphatic heterocycles. The van der Waals surface area contributed by atoms with Crippen LogP contribution in [0.3, 0.4) is 0 Å². The molecule has 10 heteroatoms. The van der Waals surface area contributed by atoms with Crippen LogP contribution in [0.15, 0.2) is 60.0 Å². The van der Waals surface area contributed by atoms with E-state index in [0.29, 0.717) is 43.0 Å². The minimum Gasteiger partial charge on any atom is -0.324 e. The topological polar surface area (TPSA) is 74.3 Å². The fourth-order valence-electron chi connectivity index (χ4n) is 3.57. The van der Waals surface area contributed by atoms with Crippen molar-refractivity contribution in [3.63, 3.8) is 0 Å². The number of carbonyl (C=O) groups excluding carboxylic acids is 2. The Hall–Kier alpha value is -3.40. The number of urea groups is 1. The number of alkyl halides is 3. The molecule has 6 nitrogen and oxygen atoms in total. The SMILES string of the molecule is O=C(Nc1ccccc1)c1csc(C2CCN(C(=O)Nc3ccc(C(F)(F)F)cc3)CC2)n1. The van der Waals surface area contributed by atoms with Gasteiger partial charge in [-0.15, -0.1) is 11.3 Å². The third-order valence-electron chi connectivity index (χ3n) is 5.38. The molecule has 1 fully saturated rings. The van der Waals surface area contributed by atoms with Crippen molar-refractivity contribution < 1.29 is 22.8 Å². The van der Waals surface area contributed by atoms with Crippen molar-refractivity contribution in [3.8, 4) is 0 Å². The van der Waals surface area contributed by atoms with Gasteiger partial charge < -0.3 is 15.5 Å². The third-order valence-corrected chi connectivity index (χ3v) is 6.39. The summed E-state index contributed by atoms with van der Waals surface area (Å²) in [5, 5.41) is 8.04. The Morgan fingerprint density at radius 2 is 1.58 bits per heavy atom. The van der Waals surface area contributed by atoms with E-state index in [-0.39, 0.29) is 17.9 Å². The van der Waals surface area contributed by atoms with E-state index >= 15 is 0 Å². The highest BCUT2D eigenvalue weighted by Crippen LogP contribution is 2.32. The molecule has 0 atom stereocenters. The summed E-state index contributed by atoms with van der Waals surface area (Å²) in [6.07, 6.45) is -3.04. The lowest BCUT2D eigenvalue weighted by Gasteiger charge is -2.31. The highest BCUT2D eigenvalue weighted by Gasteiger charge is 2.30. The molecule has 2 N–H and O–H groups in total. The number of amides is 3. The van der Waals surface area contributed by atoms with E-state index in [9.17, 15) is 22.8 Å². The van der Waals surface area contributed by atoms with Crippen LogP contribution in [0, 0.1) is 0 Å². The largest absolute Gasteiger partial charge is 0.416 e. The van der Waals surface area contributed by atoms with Gasteiger partial charge in [-0.2, -0.15) is 13.2 Å². The fourth-order valence-corrected chi connectivity index (χ4v) is 4.54. The molecule has 4 rings (SSSR count). The van der Waals surface area contributed by atoms with Crippen LogP contribution in [0.25, 0.3) is 0 Å². The van der Waals surface area contributed by atoms with Crippen LogP contribution in [0.2, 0.25) is 0 Å². The molecular weight excluding hydrogens is 453 g/mol.